The number of methoxy groups -OCH3 is 1. The molecule has 5 heterocycles. The van der Waals surface area contributed by atoms with Crippen LogP contribution >= 0.6 is 0 Å². The molecule has 3 aliphatic rings. The minimum absolute atomic E-state index is 0.0482. The highest BCUT2D eigenvalue weighted by molar-refractivity contribution is 5.71. The van der Waals surface area contributed by atoms with Crippen molar-refractivity contribution in [2.75, 3.05) is 25.7 Å². The van der Waals surface area contributed by atoms with Crippen LogP contribution in [0.2, 0.25) is 0 Å². The third-order valence-electron chi connectivity index (χ3n) is 11.0. The zero-order valence-electron chi connectivity index (χ0n) is 28.1. The summed E-state index contributed by atoms with van der Waals surface area (Å²) >= 11 is 0. The Morgan fingerprint density at radius 3 is 2.37 bits per heavy atom. The molecule has 2 aromatic carbocycles. The lowest BCUT2D eigenvalue weighted by atomic mass is 9.66. The molecule has 7 rings (SSSR count). The summed E-state index contributed by atoms with van der Waals surface area (Å²) in [5.74, 6) is 1.85. The highest BCUT2D eigenvalue weighted by Crippen LogP contribution is 2.50. The van der Waals surface area contributed by atoms with Gasteiger partial charge in [0.15, 0.2) is 5.82 Å². The second kappa shape index (κ2) is 12.5. The van der Waals surface area contributed by atoms with Crippen molar-refractivity contribution in [2.24, 2.45) is 0 Å². The van der Waals surface area contributed by atoms with E-state index >= 15 is 0 Å². The SMILES string of the molecule is COc1ccc(CN2[C@@]3(C)CCC[C@]2(C)CC(N(C)c2ccc(-c4ccc(-c5cnn(C6CCCCO6)c5)cc4C)nn2)C3)cc1. The van der Waals surface area contributed by atoms with Crippen molar-refractivity contribution in [1.82, 2.24) is 24.9 Å². The number of hydrogen-bond donors (Lipinski definition) is 0. The van der Waals surface area contributed by atoms with Gasteiger partial charge in [-0.3, -0.25) is 4.90 Å². The molecule has 4 aromatic rings. The molecular weight excluding hydrogens is 572 g/mol. The lowest BCUT2D eigenvalue weighted by Crippen LogP contribution is -2.67. The molecule has 0 saturated carbocycles. The molecule has 0 amide bonds. The fraction of sp³-hybridized carbons (Fsp3) is 0.500. The van der Waals surface area contributed by atoms with E-state index in [4.69, 9.17) is 19.7 Å². The van der Waals surface area contributed by atoms with E-state index in [1.54, 1.807) is 7.11 Å². The van der Waals surface area contributed by atoms with Gasteiger partial charge in [0.25, 0.3) is 0 Å². The Hall–Kier alpha value is -3.75. The molecule has 0 N–H and O–H groups in total. The molecule has 2 aromatic heterocycles. The molecule has 2 unspecified atom stereocenters. The average Bonchev–Trinajstić information content (AvgIpc) is 3.57. The highest BCUT2D eigenvalue weighted by atomic mass is 16.5. The number of fused-ring (bicyclic) bond motifs is 2. The summed E-state index contributed by atoms with van der Waals surface area (Å²) in [4.78, 5) is 5.18. The smallest absolute Gasteiger partial charge is 0.151 e. The van der Waals surface area contributed by atoms with Crippen LogP contribution in [0.15, 0.2) is 67.0 Å². The predicted molar refractivity (Wildman–Crippen MR) is 183 cm³/mol. The lowest BCUT2D eigenvalue weighted by molar-refractivity contribution is -0.0976. The van der Waals surface area contributed by atoms with Crippen LogP contribution in [0.5, 0.6) is 5.75 Å². The monoisotopic (exact) mass is 620 g/mol. The Balaban J connectivity index is 1.05. The first kappa shape index (κ1) is 30.9. The second-order valence-corrected chi connectivity index (χ2v) is 14.3. The highest BCUT2D eigenvalue weighted by Gasteiger charge is 2.53. The molecule has 0 spiro atoms. The minimum atomic E-state index is 0.0482. The maximum absolute atomic E-state index is 5.92. The first-order valence-electron chi connectivity index (χ1n) is 17.0. The summed E-state index contributed by atoms with van der Waals surface area (Å²) in [6.45, 7) is 8.88. The first-order chi connectivity index (χ1) is 22.2. The van der Waals surface area contributed by atoms with Gasteiger partial charge in [0.05, 0.1) is 19.0 Å². The van der Waals surface area contributed by atoms with Gasteiger partial charge in [0.1, 0.15) is 12.0 Å². The Morgan fingerprint density at radius 1 is 0.935 bits per heavy atom. The van der Waals surface area contributed by atoms with Gasteiger partial charge in [-0.2, -0.15) is 5.10 Å². The third-order valence-corrected chi connectivity index (χ3v) is 11.0. The van der Waals surface area contributed by atoms with Crippen molar-refractivity contribution in [3.8, 4) is 28.1 Å². The van der Waals surface area contributed by atoms with Gasteiger partial charge in [-0.25, -0.2) is 4.68 Å². The van der Waals surface area contributed by atoms with E-state index in [9.17, 15) is 0 Å². The zero-order chi connectivity index (χ0) is 31.9. The van der Waals surface area contributed by atoms with Crippen molar-refractivity contribution in [3.63, 3.8) is 0 Å². The molecule has 0 aliphatic carbocycles. The Labute approximate surface area is 273 Å². The van der Waals surface area contributed by atoms with E-state index in [2.05, 4.69) is 104 Å². The molecule has 2 bridgehead atoms. The van der Waals surface area contributed by atoms with Crippen LogP contribution in [0.4, 0.5) is 5.82 Å². The van der Waals surface area contributed by atoms with E-state index < -0.39 is 0 Å². The third kappa shape index (κ3) is 5.93. The number of ether oxygens (including phenoxy) is 2. The Bertz CT molecular complexity index is 1630. The van der Waals surface area contributed by atoms with Gasteiger partial charge in [-0.15, -0.1) is 10.2 Å². The van der Waals surface area contributed by atoms with Gasteiger partial charge < -0.3 is 14.4 Å². The van der Waals surface area contributed by atoms with Gasteiger partial charge in [0, 0.05) is 54.6 Å². The van der Waals surface area contributed by atoms with E-state index in [1.165, 1.54) is 36.8 Å². The fourth-order valence-electron chi connectivity index (χ4n) is 8.40. The summed E-state index contributed by atoms with van der Waals surface area (Å²) in [5.41, 5.74) is 7.06. The number of aromatic nitrogens is 4. The maximum atomic E-state index is 5.92. The van der Waals surface area contributed by atoms with E-state index in [-0.39, 0.29) is 17.3 Å². The fourth-order valence-corrected chi connectivity index (χ4v) is 8.40. The molecule has 3 saturated heterocycles. The van der Waals surface area contributed by atoms with Crippen LogP contribution in [0.1, 0.15) is 82.6 Å². The van der Waals surface area contributed by atoms with Gasteiger partial charge in [-0.05, 0) is 113 Å². The van der Waals surface area contributed by atoms with Crippen LogP contribution in [0.25, 0.3) is 22.4 Å². The van der Waals surface area contributed by atoms with E-state index in [0.717, 1.165) is 72.8 Å². The van der Waals surface area contributed by atoms with Crippen molar-refractivity contribution < 1.29 is 9.47 Å². The molecule has 4 atom stereocenters. The van der Waals surface area contributed by atoms with Crippen LogP contribution in [0, 0.1) is 6.92 Å². The number of hydrogen-bond acceptors (Lipinski definition) is 7. The standard InChI is InChI=1S/C38H48N6O2/c1-27-21-29(30-24-39-43(26-30)36-9-6-7-20-46-36)12-15-33(27)34-16-17-35(41-40-34)42(4)31-22-37(2)18-8-19-38(3,23-31)44(37)25-28-10-13-32(45-5)14-11-28/h10-17,21,24,26,31,36H,6-9,18-20,22-23,25H2,1-5H3/t31?,36?,37-,38+. The molecule has 242 valence electrons. The number of benzene rings is 2. The van der Waals surface area contributed by atoms with Crippen molar-refractivity contribution in [3.05, 3.63) is 78.1 Å². The van der Waals surface area contributed by atoms with Crippen molar-refractivity contribution in [2.45, 2.75) is 102 Å². The van der Waals surface area contributed by atoms with E-state index in [1.807, 2.05) is 10.9 Å². The second-order valence-electron chi connectivity index (χ2n) is 14.3. The van der Waals surface area contributed by atoms with Crippen molar-refractivity contribution in [1.29, 1.82) is 0 Å². The molecule has 3 fully saturated rings. The summed E-state index contributed by atoms with van der Waals surface area (Å²) in [6.07, 6.45) is 13.4. The summed E-state index contributed by atoms with van der Waals surface area (Å²) in [6, 6.07) is 19.8. The van der Waals surface area contributed by atoms with Crippen LogP contribution in [-0.4, -0.2) is 62.8 Å². The minimum Gasteiger partial charge on any atom is -0.497 e. The van der Waals surface area contributed by atoms with Gasteiger partial charge in [0.2, 0.25) is 0 Å². The normalized spacial score (nSPS) is 26.5. The topological polar surface area (TPSA) is 68.5 Å². The summed E-state index contributed by atoms with van der Waals surface area (Å²) < 4.78 is 13.3. The number of nitrogens with zero attached hydrogens (tertiary/aromatic N) is 6. The molecule has 0 radical (unpaired) electrons. The number of piperidine rings is 2. The van der Waals surface area contributed by atoms with Gasteiger partial charge >= 0.3 is 0 Å². The lowest BCUT2D eigenvalue weighted by Gasteiger charge is -2.62. The molecule has 8 heteroatoms. The first-order valence-corrected chi connectivity index (χ1v) is 17.0. The molecule has 46 heavy (non-hydrogen) atoms. The quantitative estimate of drug-likeness (QED) is 0.199. The number of anilines is 1. The molecule has 3 aliphatic heterocycles. The van der Waals surface area contributed by atoms with E-state index in [0.29, 0.717) is 6.04 Å². The van der Waals surface area contributed by atoms with Crippen LogP contribution in [0.3, 0.4) is 0 Å². The molecule has 8 nitrogen and oxygen atoms in total. The largest absolute Gasteiger partial charge is 0.497 e. The average molecular weight is 621 g/mol. The van der Waals surface area contributed by atoms with Gasteiger partial charge in [-0.1, -0.05) is 30.3 Å². The maximum Gasteiger partial charge on any atom is 0.151 e. The predicted octanol–water partition coefficient (Wildman–Crippen LogP) is 7.83. The molecular formula is C38H48N6O2. The number of rotatable bonds is 8. The zero-order valence-corrected chi connectivity index (χ0v) is 28.1. The van der Waals surface area contributed by atoms with Crippen LogP contribution in [-0.2, 0) is 11.3 Å². The summed E-state index contributed by atoms with van der Waals surface area (Å²) in [5, 5.41) is 14.1. The Kier molecular flexibility index (Phi) is 8.36. The summed E-state index contributed by atoms with van der Waals surface area (Å²) in [7, 11) is 3.93. The van der Waals surface area contributed by atoms with Crippen molar-refractivity contribution >= 4 is 5.82 Å². The van der Waals surface area contributed by atoms with Crippen LogP contribution < -0.4 is 9.64 Å². The number of aryl methyl sites for hydroxylation is 1. The Morgan fingerprint density at radius 2 is 1.72 bits per heavy atom.